The standard InChI is InChI=1S/C19H17FN4O/c1-24(14-7-3-2-4-8-14)19(25)17-11-13(21)12-18(23-17)22-16-10-6-5-9-15(16)20/h2-12H,1H3,(H3,21,22,23). The minimum Gasteiger partial charge on any atom is -0.399 e. The largest absolute Gasteiger partial charge is 0.399 e. The smallest absolute Gasteiger partial charge is 0.276 e. The molecule has 1 aromatic heterocycles. The molecule has 0 spiro atoms. The Morgan fingerprint density at radius 1 is 1.08 bits per heavy atom. The van der Waals surface area contributed by atoms with Gasteiger partial charge >= 0.3 is 0 Å². The molecule has 0 bridgehead atoms. The molecule has 126 valence electrons. The first-order chi connectivity index (χ1) is 12.0. The van der Waals surface area contributed by atoms with E-state index in [2.05, 4.69) is 10.3 Å². The maximum Gasteiger partial charge on any atom is 0.276 e. The van der Waals surface area contributed by atoms with Crippen LogP contribution in [0.3, 0.4) is 0 Å². The number of nitrogens with two attached hydrogens (primary N) is 1. The van der Waals surface area contributed by atoms with Gasteiger partial charge in [0.05, 0.1) is 5.69 Å². The summed E-state index contributed by atoms with van der Waals surface area (Å²) in [7, 11) is 1.66. The van der Waals surface area contributed by atoms with Crippen LogP contribution in [0.25, 0.3) is 0 Å². The van der Waals surface area contributed by atoms with Gasteiger partial charge in [-0.2, -0.15) is 0 Å². The van der Waals surface area contributed by atoms with Crippen LogP contribution in [0.4, 0.5) is 27.3 Å². The molecule has 0 aliphatic rings. The molecule has 0 aliphatic heterocycles. The van der Waals surface area contributed by atoms with E-state index in [0.717, 1.165) is 5.69 Å². The highest BCUT2D eigenvalue weighted by Crippen LogP contribution is 2.22. The number of pyridine rings is 1. The number of para-hydroxylation sites is 2. The summed E-state index contributed by atoms with van der Waals surface area (Å²) in [6.07, 6.45) is 0. The number of amides is 1. The van der Waals surface area contributed by atoms with Gasteiger partial charge in [0.1, 0.15) is 17.3 Å². The van der Waals surface area contributed by atoms with E-state index in [-0.39, 0.29) is 17.3 Å². The average molecular weight is 336 g/mol. The molecular weight excluding hydrogens is 319 g/mol. The lowest BCUT2D eigenvalue weighted by Gasteiger charge is -2.17. The summed E-state index contributed by atoms with van der Waals surface area (Å²) in [6.45, 7) is 0. The highest BCUT2D eigenvalue weighted by Gasteiger charge is 2.16. The van der Waals surface area contributed by atoms with Gasteiger partial charge in [-0.1, -0.05) is 30.3 Å². The molecule has 0 saturated heterocycles. The van der Waals surface area contributed by atoms with Crippen molar-refractivity contribution in [1.29, 1.82) is 0 Å². The Morgan fingerprint density at radius 3 is 2.48 bits per heavy atom. The zero-order chi connectivity index (χ0) is 17.8. The molecule has 0 fully saturated rings. The van der Waals surface area contributed by atoms with Crippen molar-refractivity contribution in [2.75, 3.05) is 23.0 Å². The van der Waals surface area contributed by atoms with Crippen molar-refractivity contribution in [2.45, 2.75) is 0 Å². The highest BCUT2D eigenvalue weighted by molar-refractivity contribution is 6.05. The molecule has 3 N–H and O–H groups in total. The fourth-order valence-corrected chi connectivity index (χ4v) is 2.37. The molecule has 0 aliphatic carbocycles. The molecule has 2 aromatic carbocycles. The van der Waals surface area contributed by atoms with Crippen LogP contribution >= 0.6 is 0 Å². The normalized spacial score (nSPS) is 10.3. The van der Waals surface area contributed by atoms with E-state index in [1.54, 1.807) is 31.3 Å². The third kappa shape index (κ3) is 3.74. The Morgan fingerprint density at radius 2 is 1.76 bits per heavy atom. The first-order valence-corrected chi connectivity index (χ1v) is 7.67. The van der Waals surface area contributed by atoms with Gasteiger partial charge in [-0.25, -0.2) is 9.37 Å². The average Bonchev–Trinajstić information content (AvgIpc) is 2.62. The first-order valence-electron chi connectivity index (χ1n) is 7.67. The summed E-state index contributed by atoms with van der Waals surface area (Å²) in [5.74, 6) is -0.425. The monoisotopic (exact) mass is 336 g/mol. The van der Waals surface area contributed by atoms with Crippen molar-refractivity contribution >= 4 is 28.8 Å². The summed E-state index contributed by atoms with van der Waals surface area (Å²) in [5, 5.41) is 2.85. The number of carbonyl (C=O) groups is 1. The third-order valence-corrected chi connectivity index (χ3v) is 3.65. The number of nitrogens with one attached hydrogen (secondary N) is 1. The number of carbonyl (C=O) groups excluding carboxylic acids is 1. The predicted molar refractivity (Wildman–Crippen MR) is 97.5 cm³/mol. The van der Waals surface area contributed by atoms with E-state index >= 15 is 0 Å². The van der Waals surface area contributed by atoms with Gasteiger partial charge in [0, 0.05) is 24.5 Å². The Labute approximate surface area is 144 Å². The van der Waals surface area contributed by atoms with Crippen molar-refractivity contribution in [1.82, 2.24) is 4.98 Å². The number of hydrogen-bond donors (Lipinski definition) is 2. The summed E-state index contributed by atoms with van der Waals surface area (Å²) in [4.78, 5) is 18.4. The second-order valence-electron chi connectivity index (χ2n) is 5.48. The Kier molecular flexibility index (Phi) is 4.61. The minimum atomic E-state index is -0.416. The van der Waals surface area contributed by atoms with Crippen LogP contribution < -0.4 is 16.0 Å². The summed E-state index contributed by atoms with van der Waals surface area (Å²) < 4.78 is 13.8. The zero-order valence-corrected chi connectivity index (χ0v) is 13.6. The minimum absolute atomic E-state index is 0.171. The van der Waals surface area contributed by atoms with Gasteiger partial charge in [-0.3, -0.25) is 4.79 Å². The van der Waals surface area contributed by atoms with Gasteiger partial charge in [0.25, 0.3) is 5.91 Å². The van der Waals surface area contributed by atoms with E-state index in [1.807, 2.05) is 30.3 Å². The van der Waals surface area contributed by atoms with Gasteiger partial charge in [0.2, 0.25) is 0 Å². The van der Waals surface area contributed by atoms with Crippen LogP contribution in [0.2, 0.25) is 0 Å². The molecule has 0 atom stereocenters. The van der Waals surface area contributed by atoms with E-state index in [1.165, 1.54) is 17.0 Å². The van der Waals surface area contributed by atoms with E-state index < -0.39 is 5.82 Å². The number of aromatic nitrogens is 1. The molecule has 3 aromatic rings. The summed E-state index contributed by atoms with van der Waals surface area (Å²) in [5.41, 5.74) is 7.41. The lowest BCUT2D eigenvalue weighted by molar-refractivity contribution is 0.0988. The number of benzene rings is 2. The maximum absolute atomic E-state index is 13.8. The lowest BCUT2D eigenvalue weighted by Crippen LogP contribution is -2.27. The molecule has 3 rings (SSSR count). The van der Waals surface area contributed by atoms with Gasteiger partial charge in [0.15, 0.2) is 0 Å². The van der Waals surface area contributed by atoms with Crippen LogP contribution in [0.15, 0.2) is 66.7 Å². The van der Waals surface area contributed by atoms with Gasteiger partial charge in [-0.15, -0.1) is 0 Å². The number of nitrogens with zero attached hydrogens (tertiary/aromatic N) is 2. The molecule has 0 saturated carbocycles. The number of anilines is 4. The van der Waals surface area contributed by atoms with Crippen molar-refractivity contribution < 1.29 is 9.18 Å². The van der Waals surface area contributed by atoms with Gasteiger partial charge in [-0.05, 0) is 30.3 Å². The van der Waals surface area contributed by atoms with E-state index in [4.69, 9.17) is 5.73 Å². The van der Waals surface area contributed by atoms with E-state index in [9.17, 15) is 9.18 Å². The summed E-state index contributed by atoms with van der Waals surface area (Å²) >= 11 is 0. The van der Waals surface area contributed by atoms with Crippen LogP contribution in [-0.4, -0.2) is 17.9 Å². The van der Waals surface area contributed by atoms with Crippen LogP contribution in [-0.2, 0) is 0 Å². The molecule has 0 radical (unpaired) electrons. The SMILES string of the molecule is CN(C(=O)c1cc(N)cc(Nc2ccccc2F)n1)c1ccccc1. The molecule has 1 heterocycles. The second-order valence-corrected chi connectivity index (χ2v) is 5.48. The lowest BCUT2D eigenvalue weighted by atomic mass is 10.2. The zero-order valence-electron chi connectivity index (χ0n) is 13.6. The molecular formula is C19H17FN4O. The quantitative estimate of drug-likeness (QED) is 0.760. The predicted octanol–water partition coefficient (Wildman–Crippen LogP) is 3.82. The second kappa shape index (κ2) is 7.00. The van der Waals surface area contributed by atoms with Crippen molar-refractivity contribution in [3.63, 3.8) is 0 Å². The van der Waals surface area contributed by atoms with Crippen molar-refractivity contribution in [3.8, 4) is 0 Å². The molecule has 25 heavy (non-hydrogen) atoms. The summed E-state index contributed by atoms with van der Waals surface area (Å²) in [6, 6.07) is 18.5. The van der Waals surface area contributed by atoms with Crippen molar-refractivity contribution in [3.05, 3.63) is 78.2 Å². The van der Waals surface area contributed by atoms with Crippen LogP contribution in [0.1, 0.15) is 10.5 Å². The highest BCUT2D eigenvalue weighted by atomic mass is 19.1. The Balaban J connectivity index is 1.89. The fourth-order valence-electron chi connectivity index (χ4n) is 2.37. The van der Waals surface area contributed by atoms with Crippen LogP contribution in [0, 0.1) is 5.82 Å². The fraction of sp³-hybridized carbons (Fsp3) is 0.0526. The first kappa shape index (κ1) is 16.4. The van der Waals surface area contributed by atoms with E-state index in [0.29, 0.717) is 11.5 Å². The Hall–Kier alpha value is -3.41. The third-order valence-electron chi connectivity index (χ3n) is 3.65. The number of rotatable bonds is 4. The number of hydrogen-bond acceptors (Lipinski definition) is 4. The Bertz CT molecular complexity index is 899. The number of nitrogen functional groups attached to an aromatic ring is 1. The molecule has 0 unspecified atom stereocenters. The van der Waals surface area contributed by atoms with Crippen molar-refractivity contribution in [2.24, 2.45) is 0 Å². The van der Waals surface area contributed by atoms with Crippen LogP contribution in [0.5, 0.6) is 0 Å². The van der Waals surface area contributed by atoms with Gasteiger partial charge < -0.3 is 16.0 Å². The topological polar surface area (TPSA) is 71.2 Å². The maximum atomic E-state index is 13.8. The molecule has 6 heteroatoms. The number of halogens is 1. The molecule has 5 nitrogen and oxygen atoms in total. The molecule has 1 amide bonds.